The van der Waals surface area contributed by atoms with Gasteiger partial charge < -0.3 is 20.1 Å². The molecule has 1 aliphatic carbocycles. The number of nitrogens with one attached hydrogen (secondary N) is 1. The van der Waals surface area contributed by atoms with Crippen LogP contribution in [0.4, 0.5) is 13.2 Å². The summed E-state index contributed by atoms with van der Waals surface area (Å²) in [4.78, 5) is 63.4. The van der Waals surface area contributed by atoms with Gasteiger partial charge in [-0.2, -0.15) is 13.2 Å². The first-order chi connectivity index (χ1) is 21.0. The molecule has 0 bridgehead atoms. The van der Waals surface area contributed by atoms with Crippen LogP contribution in [0.2, 0.25) is 0 Å². The van der Waals surface area contributed by atoms with Gasteiger partial charge in [0.15, 0.2) is 6.10 Å². The summed E-state index contributed by atoms with van der Waals surface area (Å²) in [6.45, 7) is 6.66. The molecule has 4 unspecified atom stereocenters. The zero-order chi connectivity index (χ0) is 33.5. The molecular formula is C30H40F3N5O6S. The lowest BCUT2D eigenvalue weighted by atomic mass is 9.82. The summed E-state index contributed by atoms with van der Waals surface area (Å²) >= 11 is 1.10. The van der Waals surface area contributed by atoms with Crippen molar-refractivity contribution in [1.82, 2.24) is 25.2 Å². The number of aromatic nitrogens is 3. The number of carboxylic acids is 1. The largest absolute Gasteiger partial charge is 0.481 e. The minimum Gasteiger partial charge on any atom is -0.481 e. The molecule has 4 atom stereocenters. The average molecular weight is 656 g/mol. The maximum absolute atomic E-state index is 13.2. The molecule has 0 aliphatic heterocycles. The Hall–Kier alpha value is -3.62. The number of ether oxygens (including phenoxy) is 1. The summed E-state index contributed by atoms with van der Waals surface area (Å²) in [6.07, 6.45) is -0.400. The van der Waals surface area contributed by atoms with Crippen molar-refractivity contribution in [3.8, 4) is 0 Å². The van der Waals surface area contributed by atoms with Crippen molar-refractivity contribution in [2.75, 3.05) is 7.05 Å². The number of carbonyl (C=O) groups excluding carboxylic acids is 3. The van der Waals surface area contributed by atoms with Crippen molar-refractivity contribution < 1.29 is 42.2 Å². The van der Waals surface area contributed by atoms with Gasteiger partial charge in [0.25, 0.3) is 5.91 Å². The van der Waals surface area contributed by atoms with Gasteiger partial charge in [-0.1, -0.05) is 27.2 Å². The minimum absolute atomic E-state index is 0.00418. The minimum atomic E-state index is -4.62. The number of carbonyl (C=O) groups is 4. The Kier molecular flexibility index (Phi) is 12.4. The van der Waals surface area contributed by atoms with Gasteiger partial charge >= 0.3 is 18.1 Å². The van der Waals surface area contributed by atoms with Gasteiger partial charge in [0.1, 0.15) is 16.5 Å². The Balaban J connectivity index is 1.77. The van der Waals surface area contributed by atoms with Crippen LogP contribution in [0.15, 0.2) is 17.8 Å². The van der Waals surface area contributed by atoms with E-state index in [1.807, 2.05) is 13.8 Å². The van der Waals surface area contributed by atoms with E-state index in [-0.39, 0.29) is 48.6 Å². The van der Waals surface area contributed by atoms with E-state index in [4.69, 9.17) is 4.74 Å². The van der Waals surface area contributed by atoms with Gasteiger partial charge in [-0.3, -0.25) is 19.2 Å². The molecule has 3 rings (SSSR count). The Bertz CT molecular complexity index is 1330. The van der Waals surface area contributed by atoms with Crippen LogP contribution in [0.3, 0.4) is 0 Å². The van der Waals surface area contributed by atoms with Crippen LogP contribution < -0.4 is 5.32 Å². The Morgan fingerprint density at radius 3 is 2.29 bits per heavy atom. The number of nitrogens with zero attached hydrogens (tertiary/aromatic N) is 4. The van der Waals surface area contributed by atoms with Crippen LogP contribution in [-0.4, -0.2) is 67.8 Å². The lowest BCUT2D eigenvalue weighted by molar-refractivity contribution is -0.148. The number of rotatable bonds is 15. The highest BCUT2D eigenvalue weighted by Gasteiger charge is 2.33. The van der Waals surface area contributed by atoms with Gasteiger partial charge in [0.2, 0.25) is 5.91 Å². The molecule has 0 aromatic carbocycles. The first-order valence-electron chi connectivity index (χ1n) is 14.8. The smallest absolute Gasteiger partial charge is 0.419 e. The Morgan fingerprint density at radius 1 is 1.13 bits per heavy atom. The van der Waals surface area contributed by atoms with E-state index in [0.717, 1.165) is 30.6 Å². The lowest BCUT2D eigenvalue weighted by Crippen LogP contribution is -2.42. The third-order valence-corrected chi connectivity index (χ3v) is 8.94. The SMILES string of the molecule is CC(=O)OC(CC(C(C)C)N(C)C(=O)CC1CCC1)c1nc(C(=O)NC(Cc2ncc(C(F)(F)F)cn2)CC(C)C(=O)O)cs1. The fraction of sp³-hybridized carbons (Fsp3) is 0.633. The monoisotopic (exact) mass is 655 g/mol. The number of amides is 2. The van der Waals surface area contributed by atoms with Crippen molar-refractivity contribution in [3.05, 3.63) is 39.9 Å². The maximum atomic E-state index is 13.2. The van der Waals surface area contributed by atoms with Crippen LogP contribution in [0.1, 0.15) is 99.2 Å². The molecule has 15 heteroatoms. The molecule has 0 radical (unpaired) electrons. The lowest BCUT2D eigenvalue weighted by Gasteiger charge is -2.35. The molecule has 1 fully saturated rings. The van der Waals surface area contributed by atoms with Crippen molar-refractivity contribution in [2.45, 2.75) is 97.0 Å². The molecule has 0 spiro atoms. The van der Waals surface area contributed by atoms with Gasteiger partial charge in [-0.05, 0) is 31.1 Å². The molecule has 2 aromatic rings. The highest BCUT2D eigenvalue weighted by atomic mass is 32.1. The highest BCUT2D eigenvalue weighted by molar-refractivity contribution is 7.09. The molecule has 2 aromatic heterocycles. The van der Waals surface area contributed by atoms with Crippen molar-refractivity contribution in [1.29, 1.82) is 0 Å². The molecular weight excluding hydrogens is 615 g/mol. The first kappa shape index (κ1) is 35.9. The summed E-state index contributed by atoms with van der Waals surface area (Å²) in [5, 5.41) is 13.9. The van der Waals surface area contributed by atoms with E-state index in [1.165, 1.54) is 19.2 Å². The zero-order valence-electron chi connectivity index (χ0n) is 26.0. The van der Waals surface area contributed by atoms with E-state index >= 15 is 0 Å². The molecule has 11 nitrogen and oxygen atoms in total. The molecule has 0 saturated heterocycles. The van der Waals surface area contributed by atoms with Crippen LogP contribution in [-0.2, 0) is 31.7 Å². The van der Waals surface area contributed by atoms with Crippen LogP contribution in [0, 0.1) is 17.8 Å². The second-order valence-corrected chi connectivity index (χ2v) is 12.8. The Labute approximate surface area is 264 Å². The third kappa shape index (κ3) is 10.5. The van der Waals surface area contributed by atoms with Crippen LogP contribution in [0.25, 0.3) is 0 Å². The zero-order valence-corrected chi connectivity index (χ0v) is 26.8. The molecule has 2 amide bonds. The second kappa shape index (κ2) is 15.6. The number of carboxylic acid groups (broad SMARTS) is 1. The highest BCUT2D eigenvalue weighted by Crippen LogP contribution is 2.33. The van der Waals surface area contributed by atoms with Gasteiger partial charge in [0, 0.05) is 63.1 Å². The number of thiazole rings is 1. The normalized spacial score (nSPS) is 16.3. The second-order valence-electron chi connectivity index (χ2n) is 12.0. The van der Waals surface area contributed by atoms with E-state index in [1.54, 1.807) is 11.9 Å². The predicted octanol–water partition coefficient (Wildman–Crippen LogP) is 5.07. The van der Waals surface area contributed by atoms with Crippen molar-refractivity contribution >= 4 is 35.1 Å². The van der Waals surface area contributed by atoms with Crippen molar-refractivity contribution in [2.24, 2.45) is 17.8 Å². The van der Waals surface area contributed by atoms with E-state index in [2.05, 4.69) is 20.3 Å². The number of hydrogen-bond donors (Lipinski definition) is 2. The fourth-order valence-electron chi connectivity index (χ4n) is 5.12. The summed E-state index contributed by atoms with van der Waals surface area (Å²) in [5.41, 5.74) is -1.04. The standard InChI is InChI=1S/C30H40F3N5O6S/c1-16(2)23(38(5)26(40)10-19-7-6-8-19)12-24(44-18(4)39)28-37-22(15-45-28)27(41)36-21(9-17(3)29(42)43)11-25-34-13-20(14-35-25)30(31,32)33/h13-17,19,21,23-24H,6-12H2,1-5H3,(H,36,41)(H,42,43). The quantitative estimate of drug-likeness (QED) is 0.251. The summed E-state index contributed by atoms with van der Waals surface area (Å²) in [6, 6.07) is -1.11. The predicted molar refractivity (Wildman–Crippen MR) is 158 cm³/mol. The summed E-state index contributed by atoms with van der Waals surface area (Å²) in [7, 11) is 1.75. The number of esters is 1. The van der Waals surface area contributed by atoms with Gasteiger partial charge in [-0.15, -0.1) is 11.3 Å². The van der Waals surface area contributed by atoms with E-state index in [9.17, 15) is 37.5 Å². The van der Waals surface area contributed by atoms with Crippen LogP contribution >= 0.6 is 11.3 Å². The maximum Gasteiger partial charge on any atom is 0.419 e. The fourth-order valence-corrected chi connectivity index (χ4v) is 5.96. The Morgan fingerprint density at radius 2 is 1.78 bits per heavy atom. The molecule has 1 aliphatic rings. The molecule has 45 heavy (non-hydrogen) atoms. The number of hydrogen-bond acceptors (Lipinski definition) is 9. The summed E-state index contributed by atoms with van der Waals surface area (Å²) in [5.74, 6) is -2.75. The molecule has 1 saturated carbocycles. The average Bonchev–Trinajstić information content (AvgIpc) is 3.42. The van der Waals surface area contributed by atoms with Crippen LogP contribution in [0.5, 0.6) is 0 Å². The first-order valence-corrected chi connectivity index (χ1v) is 15.7. The number of halogens is 3. The molecule has 248 valence electrons. The van der Waals surface area contributed by atoms with Crippen molar-refractivity contribution in [3.63, 3.8) is 0 Å². The molecule has 2 N–H and O–H groups in total. The van der Waals surface area contributed by atoms with Gasteiger partial charge in [0.05, 0.1) is 11.5 Å². The van der Waals surface area contributed by atoms with E-state index < -0.39 is 47.6 Å². The molecule has 2 heterocycles. The topological polar surface area (TPSA) is 152 Å². The number of aliphatic carboxylic acids is 1. The van der Waals surface area contributed by atoms with Gasteiger partial charge in [-0.25, -0.2) is 15.0 Å². The van der Waals surface area contributed by atoms with E-state index in [0.29, 0.717) is 29.7 Å². The number of alkyl halides is 3. The third-order valence-electron chi connectivity index (χ3n) is 8.00. The summed E-state index contributed by atoms with van der Waals surface area (Å²) < 4.78 is 44.4.